The largest absolute Gasteiger partial charge is 0.272 e. The zero-order chi connectivity index (χ0) is 14.5. The molecule has 0 N–H and O–H groups in total. The number of para-hydroxylation sites is 1. The van der Waals surface area contributed by atoms with Crippen molar-refractivity contribution in [3.05, 3.63) is 75.8 Å². The topological polar surface area (TPSA) is 43.1 Å². The Morgan fingerprint density at radius 2 is 1.70 bits per heavy atom. The molecular formula is C16H16BrNO2. The van der Waals surface area contributed by atoms with E-state index in [9.17, 15) is 10.1 Å². The summed E-state index contributed by atoms with van der Waals surface area (Å²) in [6.07, 6.45) is 0.669. The molecular weight excluding hydrogens is 318 g/mol. The monoisotopic (exact) mass is 333 g/mol. The predicted octanol–water partition coefficient (Wildman–Crippen LogP) is 4.91. The molecule has 0 aromatic heterocycles. The smallest absolute Gasteiger partial charge is 0.258 e. The second-order valence-electron chi connectivity index (χ2n) is 4.88. The highest BCUT2D eigenvalue weighted by atomic mass is 79.9. The highest BCUT2D eigenvalue weighted by Crippen LogP contribution is 2.34. The second-order valence-corrected chi connectivity index (χ2v) is 5.87. The molecule has 0 fully saturated rings. The van der Waals surface area contributed by atoms with Crippen molar-refractivity contribution in [2.24, 2.45) is 5.92 Å². The van der Waals surface area contributed by atoms with Crippen LogP contribution in [0.4, 0.5) is 5.69 Å². The first-order chi connectivity index (χ1) is 9.59. The molecule has 0 amide bonds. The maximum absolute atomic E-state index is 11.0. The molecule has 0 heterocycles. The van der Waals surface area contributed by atoms with Crippen LogP contribution in [-0.4, -0.2) is 4.92 Å². The normalized spacial score (nSPS) is 13.7. The van der Waals surface area contributed by atoms with Crippen molar-refractivity contribution in [3.63, 3.8) is 0 Å². The molecule has 0 bridgehead atoms. The molecule has 0 saturated carbocycles. The van der Waals surface area contributed by atoms with Gasteiger partial charge in [-0.2, -0.15) is 0 Å². The van der Waals surface area contributed by atoms with Crippen LogP contribution in [0.3, 0.4) is 0 Å². The Balaban J connectivity index is 2.16. The number of rotatable bonds is 5. The lowest BCUT2D eigenvalue weighted by atomic mass is 9.93. The molecule has 2 unspecified atom stereocenters. The van der Waals surface area contributed by atoms with E-state index in [4.69, 9.17) is 0 Å². The fourth-order valence-electron chi connectivity index (χ4n) is 2.28. The van der Waals surface area contributed by atoms with Gasteiger partial charge in [0.2, 0.25) is 0 Å². The van der Waals surface area contributed by atoms with E-state index >= 15 is 0 Å². The fourth-order valence-corrected chi connectivity index (χ4v) is 2.77. The SMILES string of the molecule is CC(Cc1ccccc1[N+](=O)[O-])C(Br)c1ccccc1. The Bertz CT molecular complexity index is 586. The van der Waals surface area contributed by atoms with E-state index in [1.54, 1.807) is 12.1 Å². The molecule has 4 heteroatoms. The molecule has 20 heavy (non-hydrogen) atoms. The predicted molar refractivity (Wildman–Crippen MR) is 84.1 cm³/mol. The molecule has 0 aliphatic heterocycles. The van der Waals surface area contributed by atoms with Gasteiger partial charge in [-0.25, -0.2) is 0 Å². The van der Waals surface area contributed by atoms with E-state index in [0.717, 1.165) is 5.56 Å². The Labute approximate surface area is 126 Å². The molecule has 2 atom stereocenters. The molecule has 0 spiro atoms. The third kappa shape index (κ3) is 3.45. The van der Waals surface area contributed by atoms with Crippen LogP contribution in [-0.2, 0) is 6.42 Å². The minimum atomic E-state index is -0.312. The van der Waals surface area contributed by atoms with Crippen LogP contribution in [0.15, 0.2) is 54.6 Å². The number of hydrogen-bond donors (Lipinski definition) is 0. The Morgan fingerprint density at radius 1 is 1.10 bits per heavy atom. The molecule has 0 aliphatic carbocycles. The van der Waals surface area contributed by atoms with E-state index in [-0.39, 0.29) is 21.4 Å². The van der Waals surface area contributed by atoms with Gasteiger partial charge in [0.25, 0.3) is 5.69 Å². The third-order valence-corrected chi connectivity index (χ3v) is 4.78. The molecule has 3 nitrogen and oxygen atoms in total. The number of alkyl halides is 1. The summed E-state index contributed by atoms with van der Waals surface area (Å²) in [6, 6.07) is 17.1. The number of halogens is 1. The Kier molecular flexibility index (Phi) is 4.90. The maximum Gasteiger partial charge on any atom is 0.272 e. The Morgan fingerprint density at radius 3 is 2.35 bits per heavy atom. The summed E-state index contributed by atoms with van der Waals surface area (Å²) in [6.45, 7) is 2.10. The summed E-state index contributed by atoms with van der Waals surface area (Å²) in [5.41, 5.74) is 2.18. The van der Waals surface area contributed by atoms with Crippen LogP contribution in [0.25, 0.3) is 0 Å². The molecule has 0 radical (unpaired) electrons. The summed E-state index contributed by atoms with van der Waals surface area (Å²) < 4.78 is 0. The van der Waals surface area contributed by atoms with Crippen molar-refractivity contribution in [2.75, 3.05) is 0 Å². The van der Waals surface area contributed by atoms with E-state index in [1.165, 1.54) is 5.56 Å². The first kappa shape index (κ1) is 14.7. The van der Waals surface area contributed by atoms with Gasteiger partial charge in [0.1, 0.15) is 0 Å². The number of benzene rings is 2. The summed E-state index contributed by atoms with van der Waals surface area (Å²) in [4.78, 5) is 10.9. The van der Waals surface area contributed by atoms with Gasteiger partial charge in [-0.05, 0) is 17.9 Å². The van der Waals surface area contributed by atoms with Crippen LogP contribution in [0.2, 0.25) is 0 Å². The van der Waals surface area contributed by atoms with Crippen molar-refractivity contribution in [1.29, 1.82) is 0 Å². The molecule has 0 aliphatic rings. The van der Waals surface area contributed by atoms with E-state index in [0.29, 0.717) is 6.42 Å². The lowest BCUT2D eigenvalue weighted by Gasteiger charge is -2.18. The summed E-state index contributed by atoms with van der Waals surface area (Å²) >= 11 is 3.70. The van der Waals surface area contributed by atoms with E-state index in [2.05, 4.69) is 35.0 Å². The van der Waals surface area contributed by atoms with Crippen LogP contribution in [0, 0.1) is 16.0 Å². The Hall–Kier alpha value is -1.68. The number of hydrogen-bond acceptors (Lipinski definition) is 2. The molecule has 0 saturated heterocycles. The average molecular weight is 334 g/mol. The lowest BCUT2D eigenvalue weighted by Crippen LogP contribution is -2.08. The van der Waals surface area contributed by atoms with E-state index < -0.39 is 0 Å². The number of nitro benzene ring substituents is 1. The zero-order valence-electron chi connectivity index (χ0n) is 11.2. The quantitative estimate of drug-likeness (QED) is 0.443. The van der Waals surface area contributed by atoms with E-state index in [1.807, 2.05) is 30.3 Å². The van der Waals surface area contributed by atoms with Crippen LogP contribution in [0.5, 0.6) is 0 Å². The van der Waals surface area contributed by atoms with Crippen LogP contribution >= 0.6 is 15.9 Å². The van der Waals surface area contributed by atoms with Crippen LogP contribution < -0.4 is 0 Å². The third-order valence-electron chi connectivity index (χ3n) is 3.35. The average Bonchev–Trinajstić information content (AvgIpc) is 2.47. The van der Waals surface area contributed by atoms with Crippen molar-refractivity contribution in [2.45, 2.75) is 18.2 Å². The second kappa shape index (κ2) is 6.66. The highest BCUT2D eigenvalue weighted by Gasteiger charge is 2.20. The van der Waals surface area contributed by atoms with Crippen molar-refractivity contribution in [1.82, 2.24) is 0 Å². The standard InChI is InChI=1S/C16H16BrNO2/c1-12(16(17)13-7-3-2-4-8-13)11-14-9-5-6-10-15(14)18(19)20/h2-10,12,16H,11H2,1H3. The summed E-state index contributed by atoms with van der Waals surface area (Å²) in [5, 5.41) is 11.0. The van der Waals surface area contributed by atoms with Gasteiger partial charge in [-0.3, -0.25) is 10.1 Å². The van der Waals surface area contributed by atoms with Gasteiger partial charge >= 0.3 is 0 Å². The summed E-state index contributed by atoms with van der Waals surface area (Å²) in [7, 11) is 0. The van der Waals surface area contributed by atoms with Crippen molar-refractivity contribution in [3.8, 4) is 0 Å². The fraction of sp³-hybridized carbons (Fsp3) is 0.250. The van der Waals surface area contributed by atoms with Crippen molar-refractivity contribution < 1.29 is 4.92 Å². The minimum absolute atomic E-state index is 0.184. The van der Waals surface area contributed by atoms with Gasteiger partial charge in [0.05, 0.1) is 4.92 Å². The van der Waals surface area contributed by atoms with Gasteiger partial charge in [0, 0.05) is 16.5 Å². The van der Waals surface area contributed by atoms with Crippen molar-refractivity contribution >= 4 is 21.6 Å². The molecule has 2 aromatic carbocycles. The van der Waals surface area contributed by atoms with Gasteiger partial charge in [-0.15, -0.1) is 0 Å². The molecule has 2 rings (SSSR count). The first-order valence-electron chi connectivity index (χ1n) is 6.51. The molecule has 2 aromatic rings. The number of nitrogens with zero attached hydrogens (tertiary/aromatic N) is 1. The first-order valence-corrected chi connectivity index (χ1v) is 7.42. The van der Waals surface area contributed by atoms with Crippen LogP contribution in [0.1, 0.15) is 22.9 Å². The maximum atomic E-state index is 11.0. The highest BCUT2D eigenvalue weighted by molar-refractivity contribution is 9.09. The lowest BCUT2D eigenvalue weighted by molar-refractivity contribution is -0.385. The molecule has 104 valence electrons. The van der Waals surface area contributed by atoms with Gasteiger partial charge in [0.15, 0.2) is 0 Å². The van der Waals surface area contributed by atoms with Gasteiger partial charge in [-0.1, -0.05) is 71.4 Å². The summed E-state index contributed by atoms with van der Waals surface area (Å²) in [5.74, 6) is 0.262. The van der Waals surface area contributed by atoms with Gasteiger partial charge < -0.3 is 0 Å². The number of nitro groups is 1. The minimum Gasteiger partial charge on any atom is -0.258 e. The zero-order valence-corrected chi connectivity index (χ0v) is 12.8.